The first kappa shape index (κ1) is 19.9. The van der Waals surface area contributed by atoms with Crippen LogP contribution in [-0.2, 0) is 4.79 Å². The van der Waals surface area contributed by atoms with E-state index in [0.717, 1.165) is 20.0 Å². The lowest BCUT2D eigenvalue weighted by atomic mass is 10.1. The molecule has 0 aliphatic rings. The van der Waals surface area contributed by atoms with Gasteiger partial charge in [-0.05, 0) is 46.6 Å². The van der Waals surface area contributed by atoms with Crippen molar-refractivity contribution in [3.05, 3.63) is 42.4 Å². The van der Waals surface area contributed by atoms with E-state index < -0.39 is 5.91 Å². The molecule has 0 saturated carbocycles. The van der Waals surface area contributed by atoms with Crippen LogP contribution in [0.1, 0.15) is 25.7 Å². The number of nitrogens with one attached hydrogen (secondary N) is 1. The molecule has 2 aromatic rings. The Morgan fingerprint density at radius 1 is 1.27 bits per heavy atom. The largest absolute Gasteiger partial charge is 0.344 e. The second-order valence-electron chi connectivity index (χ2n) is 5.34. The van der Waals surface area contributed by atoms with Crippen molar-refractivity contribution in [2.24, 2.45) is 0 Å². The summed E-state index contributed by atoms with van der Waals surface area (Å²) in [6.45, 7) is 1.66. The third kappa shape index (κ3) is 4.20. The lowest BCUT2D eigenvalue weighted by molar-refractivity contribution is -0.112. The summed E-state index contributed by atoms with van der Waals surface area (Å²) in [5.74, 6) is -0.873. The highest BCUT2D eigenvalue weighted by Crippen LogP contribution is 2.33. The number of carbonyl (C=O) groups excluding carboxylic acids is 2. The minimum atomic E-state index is -0.626. The molecule has 2 heterocycles. The van der Waals surface area contributed by atoms with Gasteiger partial charge in [0.2, 0.25) is 0 Å². The summed E-state index contributed by atoms with van der Waals surface area (Å²) >= 11 is 5.74. The second kappa shape index (κ2) is 8.28. The molecule has 0 unspecified atom stereocenters. The summed E-state index contributed by atoms with van der Waals surface area (Å²) in [5.41, 5.74) is 0.649. The molecule has 2 aromatic heterocycles. The summed E-state index contributed by atoms with van der Waals surface area (Å²) < 4.78 is 0.883. The summed E-state index contributed by atoms with van der Waals surface area (Å²) in [7, 11) is 3.23. The van der Waals surface area contributed by atoms with Gasteiger partial charge < -0.3 is 10.2 Å². The van der Waals surface area contributed by atoms with Gasteiger partial charge in [0.1, 0.15) is 22.7 Å². The molecule has 132 valence electrons. The van der Waals surface area contributed by atoms with E-state index in [2.05, 4.69) is 21.2 Å². The molecular formula is C17H13BrN4O2S2. The lowest BCUT2D eigenvalue weighted by Gasteiger charge is -2.08. The van der Waals surface area contributed by atoms with Crippen LogP contribution >= 0.6 is 38.6 Å². The van der Waals surface area contributed by atoms with Crippen LogP contribution in [0.4, 0.5) is 5.00 Å². The van der Waals surface area contributed by atoms with Crippen LogP contribution in [0.3, 0.4) is 0 Å². The maximum atomic E-state index is 12.4. The summed E-state index contributed by atoms with van der Waals surface area (Å²) in [4.78, 5) is 27.2. The number of nitrogens with zero attached hydrogens (tertiary/aromatic N) is 3. The van der Waals surface area contributed by atoms with Gasteiger partial charge in [0, 0.05) is 19.0 Å². The number of halogens is 1. The van der Waals surface area contributed by atoms with Crippen LogP contribution in [-0.4, -0.2) is 30.8 Å². The van der Waals surface area contributed by atoms with E-state index in [1.165, 1.54) is 22.3 Å². The predicted molar refractivity (Wildman–Crippen MR) is 106 cm³/mol. The van der Waals surface area contributed by atoms with E-state index >= 15 is 0 Å². The number of anilines is 1. The number of hydrogen-bond donors (Lipinski definition) is 1. The fraction of sp³-hybridized carbons (Fsp3) is 0.176. The Morgan fingerprint density at radius 2 is 1.96 bits per heavy atom. The third-order valence-electron chi connectivity index (χ3n) is 3.33. The molecule has 0 bridgehead atoms. The molecule has 0 radical (unpaired) electrons. The molecule has 0 aliphatic carbocycles. The maximum absolute atomic E-state index is 12.4. The van der Waals surface area contributed by atoms with Crippen LogP contribution in [0.25, 0.3) is 6.08 Å². The lowest BCUT2D eigenvalue weighted by Crippen LogP contribution is -2.21. The van der Waals surface area contributed by atoms with Crippen LogP contribution in [0.15, 0.2) is 21.5 Å². The van der Waals surface area contributed by atoms with E-state index in [9.17, 15) is 20.1 Å². The number of hydrogen-bond acceptors (Lipinski definition) is 6. The monoisotopic (exact) mass is 448 g/mol. The molecule has 0 spiro atoms. The van der Waals surface area contributed by atoms with Gasteiger partial charge in [-0.1, -0.05) is 0 Å². The summed E-state index contributed by atoms with van der Waals surface area (Å²) in [6.07, 6.45) is 1.48. The van der Waals surface area contributed by atoms with Crippen molar-refractivity contribution in [2.75, 3.05) is 19.4 Å². The Labute approximate surface area is 167 Å². The van der Waals surface area contributed by atoms with Gasteiger partial charge in [0.15, 0.2) is 0 Å². The molecule has 0 saturated heterocycles. The number of thiophene rings is 2. The molecule has 2 amide bonds. The highest BCUT2D eigenvalue weighted by atomic mass is 79.9. The Hall–Kier alpha value is -2.46. The van der Waals surface area contributed by atoms with E-state index in [-0.39, 0.29) is 22.0 Å². The zero-order valence-electron chi connectivity index (χ0n) is 14.1. The Morgan fingerprint density at radius 3 is 2.46 bits per heavy atom. The zero-order chi connectivity index (χ0) is 19.4. The number of nitriles is 2. The van der Waals surface area contributed by atoms with Gasteiger partial charge in [-0.25, -0.2) is 0 Å². The first-order valence-corrected chi connectivity index (χ1v) is 9.64. The van der Waals surface area contributed by atoms with Gasteiger partial charge in [0.05, 0.1) is 14.2 Å². The van der Waals surface area contributed by atoms with E-state index in [1.807, 2.05) is 18.2 Å². The van der Waals surface area contributed by atoms with Crippen molar-refractivity contribution in [3.63, 3.8) is 0 Å². The smallest absolute Gasteiger partial charge is 0.267 e. The zero-order valence-corrected chi connectivity index (χ0v) is 17.3. The average Bonchev–Trinajstić information content (AvgIpc) is 3.14. The van der Waals surface area contributed by atoms with Crippen molar-refractivity contribution in [2.45, 2.75) is 6.92 Å². The topological polar surface area (TPSA) is 97.0 Å². The molecule has 26 heavy (non-hydrogen) atoms. The minimum absolute atomic E-state index is 0.0882. The SMILES string of the molecule is Cc1c(C(=O)N(C)C)sc(NC(=O)/C(C#N)=C/c2ccc(Br)s2)c1C#N. The fourth-order valence-corrected chi connectivity index (χ4v) is 4.55. The van der Waals surface area contributed by atoms with Gasteiger partial charge >= 0.3 is 0 Å². The Bertz CT molecular complexity index is 990. The van der Waals surface area contributed by atoms with E-state index in [1.54, 1.807) is 27.1 Å². The van der Waals surface area contributed by atoms with E-state index in [4.69, 9.17) is 0 Å². The quantitative estimate of drug-likeness (QED) is 0.564. The van der Waals surface area contributed by atoms with Gasteiger partial charge in [0.25, 0.3) is 11.8 Å². The average molecular weight is 449 g/mol. The van der Waals surface area contributed by atoms with Crippen LogP contribution in [0.5, 0.6) is 0 Å². The number of amides is 2. The van der Waals surface area contributed by atoms with Crippen LogP contribution < -0.4 is 5.32 Å². The fourth-order valence-electron chi connectivity index (χ4n) is 2.01. The van der Waals surface area contributed by atoms with Gasteiger partial charge in [-0.3, -0.25) is 9.59 Å². The summed E-state index contributed by atoms with van der Waals surface area (Å²) in [6, 6.07) is 7.48. The molecule has 2 rings (SSSR count). The predicted octanol–water partition coefficient (Wildman–Crippen LogP) is 4.00. The van der Waals surface area contributed by atoms with Crippen LogP contribution in [0, 0.1) is 29.6 Å². The molecule has 6 nitrogen and oxygen atoms in total. The van der Waals surface area contributed by atoms with Crippen molar-refractivity contribution in [1.82, 2.24) is 4.90 Å². The molecule has 1 N–H and O–H groups in total. The van der Waals surface area contributed by atoms with Crippen molar-refractivity contribution >= 4 is 61.5 Å². The van der Waals surface area contributed by atoms with Crippen molar-refractivity contribution in [1.29, 1.82) is 10.5 Å². The first-order valence-electron chi connectivity index (χ1n) is 7.22. The standard InChI is InChI=1S/C17H13BrN4O2S2/c1-9-12(8-20)16(26-14(9)17(24)22(2)3)21-15(23)10(7-19)6-11-4-5-13(18)25-11/h4-6H,1-3H3,(H,21,23)/b10-6+. The molecule has 0 fully saturated rings. The number of rotatable bonds is 4. The highest BCUT2D eigenvalue weighted by molar-refractivity contribution is 9.11. The maximum Gasteiger partial charge on any atom is 0.267 e. The number of carbonyl (C=O) groups is 2. The molecule has 0 aliphatic heterocycles. The van der Waals surface area contributed by atoms with Gasteiger partial charge in [-0.2, -0.15) is 10.5 Å². The Balaban J connectivity index is 2.35. The normalized spacial score (nSPS) is 10.8. The Kier molecular flexibility index (Phi) is 6.32. The van der Waals surface area contributed by atoms with Crippen molar-refractivity contribution in [3.8, 4) is 12.1 Å². The summed E-state index contributed by atoms with van der Waals surface area (Å²) in [5, 5.41) is 21.5. The minimum Gasteiger partial charge on any atom is -0.344 e. The van der Waals surface area contributed by atoms with Gasteiger partial charge in [-0.15, -0.1) is 22.7 Å². The van der Waals surface area contributed by atoms with E-state index in [0.29, 0.717) is 10.4 Å². The molecule has 9 heteroatoms. The highest BCUT2D eigenvalue weighted by Gasteiger charge is 2.23. The second-order valence-corrected chi connectivity index (χ2v) is 8.85. The molecular weight excluding hydrogens is 436 g/mol. The first-order chi connectivity index (χ1) is 12.3. The molecule has 0 aromatic carbocycles. The van der Waals surface area contributed by atoms with Crippen LogP contribution in [0.2, 0.25) is 0 Å². The third-order valence-corrected chi connectivity index (χ3v) is 6.10. The molecule has 0 atom stereocenters. The van der Waals surface area contributed by atoms with Crippen molar-refractivity contribution < 1.29 is 9.59 Å².